The molecule has 1 aromatic carbocycles. The second-order valence-corrected chi connectivity index (χ2v) is 5.27. The Labute approximate surface area is 115 Å². The van der Waals surface area contributed by atoms with E-state index >= 15 is 0 Å². The Hall–Kier alpha value is -1.04. The summed E-state index contributed by atoms with van der Waals surface area (Å²) in [4.78, 5) is 4.31. The minimum atomic E-state index is -0.203. The minimum absolute atomic E-state index is 0.203. The average molecular weight is 284 g/mol. The monoisotopic (exact) mass is 283 g/mol. The molecule has 0 saturated heterocycles. The molecule has 0 aliphatic carbocycles. The van der Waals surface area contributed by atoms with Crippen molar-refractivity contribution >= 4 is 23.4 Å². The first kappa shape index (κ1) is 13.4. The highest BCUT2D eigenvalue weighted by Crippen LogP contribution is 2.21. The normalized spacial score (nSPS) is 12.6. The Bertz CT molecular complexity index is 500. The van der Waals surface area contributed by atoms with Crippen LogP contribution in [-0.2, 0) is 0 Å². The van der Waals surface area contributed by atoms with E-state index in [0.29, 0.717) is 16.7 Å². The first-order valence-corrected chi connectivity index (χ1v) is 7.32. The van der Waals surface area contributed by atoms with Crippen LogP contribution in [0.5, 0.6) is 0 Å². The van der Waals surface area contributed by atoms with Crippen molar-refractivity contribution in [2.75, 3.05) is 12.0 Å². The largest absolute Gasteiger partial charge is 0.337 e. The van der Waals surface area contributed by atoms with Gasteiger partial charge in [-0.2, -0.15) is 16.7 Å². The van der Waals surface area contributed by atoms with Crippen LogP contribution in [0.2, 0.25) is 5.02 Å². The van der Waals surface area contributed by atoms with Gasteiger partial charge >= 0.3 is 0 Å². The molecule has 2 aromatic rings. The average Bonchev–Trinajstić information content (AvgIpc) is 2.86. The van der Waals surface area contributed by atoms with Crippen LogP contribution in [-0.4, -0.2) is 22.1 Å². The Morgan fingerprint density at radius 2 is 2.11 bits per heavy atom. The van der Waals surface area contributed by atoms with Crippen LogP contribution in [0.1, 0.15) is 18.4 Å². The Morgan fingerprint density at radius 1 is 1.39 bits per heavy atom. The standard InChI is InChI=1S/C12H14ClN3OS/c1-18-7-6-10(14)12-15-11(16-17-12)8-2-4-9(13)5-3-8/h2-5,10H,6-7,14H2,1H3/t10-/m1/s1. The van der Waals surface area contributed by atoms with Crippen LogP contribution < -0.4 is 5.73 Å². The summed E-state index contributed by atoms with van der Waals surface area (Å²) in [6.45, 7) is 0. The van der Waals surface area contributed by atoms with Gasteiger partial charge in [0.25, 0.3) is 0 Å². The van der Waals surface area contributed by atoms with Crippen LogP contribution in [0.3, 0.4) is 0 Å². The Kier molecular flexibility index (Phi) is 4.63. The number of nitrogens with two attached hydrogens (primary N) is 1. The molecule has 0 aliphatic rings. The number of halogens is 1. The molecule has 18 heavy (non-hydrogen) atoms. The zero-order valence-electron chi connectivity index (χ0n) is 9.97. The third kappa shape index (κ3) is 3.25. The van der Waals surface area contributed by atoms with E-state index in [1.54, 1.807) is 23.9 Å². The number of hydrogen-bond donors (Lipinski definition) is 1. The molecular weight excluding hydrogens is 270 g/mol. The second kappa shape index (κ2) is 6.22. The lowest BCUT2D eigenvalue weighted by atomic mass is 10.2. The number of benzene rings is 1. The zero-order valence-corrected chi connectivity index (χ0v) is 11.5. The molecule has 0 amide bonds. The van der Waals surface area contributed by atoms with Crippen molar-refractivity contribution < 1.29 is 4.52 Å². The van der Waals surface area contributed by atoms with Gasteiger partial charge < -0.3 is 10.3 Å². The fourth-order valence-corrected chi connectivity index (χ4v) is 2.09. The van der Waals surface area contributed by atoms with Crippen LogP contribution in [0.4, 0.5) is 0 Å². The van der Waals surface area contributed by atoms with Gasteiger partial charge in [0.05, 0.1) is 6.04 Å². The summed E-state index contributed by atoms with van der Waals surface area (Å²) in [6, 6.07) is 7.08. The maximum absolute atomic E-state index is 5.97. The van der Waals surface area contributed by atoms with E-state index in [0.717, 1.165) is 17.7 Å². The van der Waals surface area contributed by atoms with Crippen LogP contribution >= 0.6 is 23.4 Å². The molecule has 2 N–H and O–H groups in total. The topological polar surface area (TPSA) is 64.9 Å². The summed E-state index contributed by atoms with van der Waals surface area (Å²) in [5.74, 6) is 2.00. The van der Waals surface area contributed by atoms with Crippen molar-refractivity contribution in [3.8, 4) is 11.4 Å². The number of rotatable bonds is 5. The van der Waals surface area contributed by atoms with Gasteiger partial charge in [-0.05, 0) is 42.7 Å². The first-order valence-electron chi connectivity index (χ1n) is 5.55. The number of hydrogen-bond acceptors (Lipinski definition) is 5. The molecular formula is C12H14ClN3OS. The summed E-state index contributed by atoms with van der Waals surface area (Å²) < 4.78 is 5.18. The molecule has 0 saturated carbocycles. The number of aromatic nitrogens is 2. The zero-order chi connectivity index (χ0) is 13.0. The highest BCUT2D eigenvalue weighted by molar-refractivity contribution is 7.98. The van der Waals surface area contributed by atoms with Crippen molar-refractivity contribution in [1.82, 2.24) is 10.1 Å². The van der Waals surface area contributed by atoms with Gasteiger partial charge in [-0.25, -0.2) is 0 Å². The van der Waals surface area contributed by atoms with Gasteiger partial charge in [-0.15, -0.1) is 0 Å². The first-order chi connectivity index (χ1) is 8.70. The Morgan fingerprint density at radius 3 is 2.78 bits per heavy atom. The molecule has 0 radical (unpaired) electrons. The van der Waals surface area contributed by atoms with Crippen molar-refractivity contribution in [1.29, 1.82) is 0 Å². The van der Waals surface area contributed by atoms with Gasteiger partial charge in [-0.3, -0.25) is 0 Å². The molecule has 0 aliphatic heterocycles. The summed E-state index contributed by atoms with van der Waals surface area (Å²) in [5, 5.41) is 4.61. The number of nitrogens with zero attached hydrogens (tertiary/aromatic N) is 2. The molecule has 1 aromatic heterocycles. The van der Waals surface area contributed by atoms with Crippen LogP contribution in [0.25, 0.3) is 11.4 Å². The molecule has 2 rings (SSSR count). The quantitative estimate of drug-likeness (QED) is 0.913. The van der Waals surface area contributed by atoms with Gasteiger partial charge in [0.15, 0.2) is 0 Å². The van der Waals surface area contributed by atoms with E-state index < -0.39 is 0 Å². The lowest BCUT2D eigenvalue weighted by Gasteiger charge is -2.03. The van der Waals surface area contributed by atoms with Crippen LogP contribution in [0, 0.1) is 0 Å². The molecule has 96 valence electrons. The maximum Gasteiger partial charge on any atom is 0.243 e. The molecule has 0 bridgehead atoms. The predicted octanol–water partition coefficient (Wildman–Crippen LogP) is 3.14. The van der Waals surface area contributed by atoms with Crippen molar-refractivity contribution in [2.24, 2.45) is 5.73 Å². The van der Waals surface area contributed by atoms with E-state index in [1.807, 2.05) is 18.4 Å². The van der Waals surface area contributed by atoms with Crippen molar-refractivity contribution in [3.05, 3.63) is 35.2 Å². The highest BCUT2D eigenvalue weighted by Gasteiger charge is 2.15. The van der Waals surface area contributed by atoms with Crippen molar-refractivity contribution in [2.45, 2.75) is 12.5 Å². The van der Waals surface area contributed by atoms with E-state index in [1.165, 1.54) is 0 Å². The molecule has 0 spiro atoms. The van der Waals surface area contributed by atoms with Gasteiger partial charge in [0.1, 0.15) is 0 Å². The minimum Gasteiger partial charge on any atom is -0.337 e. The fourth-order valence-electron chi connectivity index (χ4n) is 1.47. The molecule has 6 heteroatoms. The lowest BCUT2D eigenvalue weighted by molar-refractivity contribution is 0.353. The van der Waals surface area contributed by atoms with E-state index in [9.17, 15) is 0 Å². The molecule has 0 unspecified atom stereocenters. The lowest BCUT2D eigenvalue weighted by Crippen LogP contribution is -2.11. The fraction of sp³-hybridized carbons (Fsp3) is 0.333. The summed E-state index contributed by atoms with van der Waals surface area (Å²) in [6.07, 6.45) is 2.86. The summed E-state index contributed by atoms with van der Waals surface area (Å²) in [7, 11) is 0. The van der Waals surface area contributed by atoms with E-state index in [4.69, 9.17) is 21.9 Å². The Balaban J connectivity index is 2.12. The third-order valence-corrected chi connectivity index (χ3v) is 3.39. The van der Waals surface area contributed by atoms with E-state index in [2.05, 4.69) is 10.1 Å². The van der Waals surface area contributed by atoms with E-state index in [-0.39, 0.29) is 6.04 Å². The molecule has 4 nitrogen and oxygen atoms in total. The molecule has 1 heterocycles. The molecule has 0 fully saturated rings. The summed E-state index contributed by atoms with van der Waals surface area (Å²) in [5.41, 5.74) is 6.83. The molecule has 1 atom stereocenters. The van der Waals surface area contributed by atoms with Gasteiger partial charge in [0, 0.05) is 10.6 Å². The number of thioether (sulfide) groups is 1. The smallest absolute Gasteiger partial charge is 0.243 e. The predicted molar refractivity (Wildman–Crippen MR) is 74.7 cm³/mol. The van der Waals surface area contributed by atoms with Gasteiger partial charge in [-0.1, -0.05) is 16.8 Å². The maximum atomic E-state index is 5.97. The van der Waals surface area contributed by atoms with Gasteiger partial charge in [0.2, 0.25) is 11.7 Å². The van der Waals surface area contributed by atoms with Crippen molar-refractivity contribution in [3.63, 3.8) is 0 Å². The second-order valence-electron chi connectivity index (χ2n) is 3.85. The SMILES string of the molecule is CSCC[C@@H](N)c1nc(-c2ccc(Cl)cc2)no1. The highest BCUT2D eigenvalue weighted by atomic mass is 35.5. The third-order valence-electron chi connectivity index (χ3n) is 2.49. The van der Waals surface area contributed by atoms with Crippen LogP contribution in [0.15, 0.2) is 28.8 Å². The summed E-state index contributed by atoms with van der Waals surface area (Å²) >= 11 is 7.57.